The van der Waals surface area contributed by atoms with E-state index in [0.717, 1.165) is 23.1 Å². The maximum atomic E-state index is 11.1. The third-order valence-corrected chi connectivity index (χ3v) is 6.32. The molecule has 126 valence electrons. The lowest BCUT2D eigenvalue weighted by molar-refractivity contribution is -0.114. The molecule has 0 bridgehead atoms. The predicted octanol–water partition coefficient (Wildman–Crippen LogP) is 3.70. The molecule has 2 rings (SSSR count). The van der Waals surface area contributed by atoms with Crippen LogP contribution in [0.5, 0.6) is 0 Å². The van der Waals surface area contributed by atoms with Gasteiger partial charge in [-0.05, 0) is 46.2 Å². The third kappa shape index (κ3) is 3.64. The van der Waals surface area contributed by atoms with E-state index in [0.29, 0.717) is 0 Å². The number of hydrogen-bond acceptors (Lipinski definition) is 4. The zero-order valence-corrected chi connectivity index (χ0v) is 17.3. The van der Waals surface area contributed by atoms with E-state index >= 15 is 0 Å². The SMILES string of the molecule is Cc1c(/C(=C\N(C)C=O)B2OC(C)(C)C(C)(C)O2)ccn1SI. The van der Waals surface area contributed by atoms with Gasteiger partial charge in [-0.15, -0.1) is 0 Å². The van der Waals surface area contributed by atoms with Gasteiger partial charge in [0.1, 0.15) is 0 Å². The van der Waals surface area contributed by atoms with Crippen LogP contribution >= 0.6 is 30.3 Å². The molecule has 5 nitrogen and oxygen atoms in total. The lowest BCUT2D eigenvalue weighted by Gasteiger charge is -2.32. The zero-order chi connectivity index (χ0) is 17.4. The van der Waals surface area contributed by atoms with Gasteiger partial charge in [-0.2, -0.15) is 0 Å². The van der Waals surface area contributed by atoms with E-state index in [9.17, 15) is 4.79 Å². The first-order valence-corrected chi connectivity index (χ1v) is 10.7. The summed E-state index contributed by atoms with van der Waals surface area (Å²) in [5, 5.41) is 0. The molecule has 0 saturated carbocycles. The number of carbonyl (C=O) groups is 1. The summed E-state index contributed by atoms with van der Waals surface area (Å²) >= 11 is 2.24. The molecule has 1 aliphatic rings. The van der Waals surface area contributed by atoms with Crippen LogP contribution in [0.15, 0.2) is 18.5 Å². The maximum absolute atomic E-state index is 11.1. The summed E-state index contributed by atoms with van der Waals surface area (Å²) in [5.74, 6) is 0. The first-order valence-electron chi connectivity index (χ1n) is 7.35. The highest BCUT2D eigenvalue weighted by molar-refractivity contribution is 14.2. The van der Waals surface area contributed by atoms with Gasteiger partial charge in [0.05, 0.1) is 11.2 Å². The second-order valence-corrected chi connectivity index (χ2v) is 8.37. The second kappa shape index (κ2) is 6.82. The molecular formula is C15H22BIN2O3S. The van der Waals surface area contributed by atoms with Gasteiger partial charge < -0.3 is 14.2 Å². The number of aromatic nitrogens is 1. The highest BCUT2D eigenvalue weighted by Crippen LogP contribution is 2.41. The Morgan fingerprint density at radius 1 is 1.35 bits per heavy atom. The van der Waals surface area contributed by atoms with Crippen LogP contribution in [0.3, 0.4) is 0 Å². The van der Waals surface area contributed by atoms with E-state index in [1.54, 1.807) is 22.4 Å². The van der Waals surface area contributed by atoms with Crippen molar-refractivity contribution in [1.29, 1.82) is 0 Å². The standard InChI is InChI=1S/C15H22BIN2O3S/c1-11-12(7-8-19(11)23-17)13(9-18(6)10-20)16-21-14(2,3)15(4,5)22-16/h7-10H,1-6H3/b13-9+. The molecule has 0 unspecified atom stereocenters. The Morgan fingerprint density at radius 3 is 2.35 bits per heavy atom. The lowest BCUT2D eigenvalue weighted by Crippen LogP contribution is -2.41. The molecule has 2 heterocycles. The maximum Gasteiger partial charge on any atom is 0.497 e. The molecule has 1 aromatic rings. The Morgan fingerprint density at radius 2 is 1.91 bits per heavy atom. The summed E-state index contributed by atoms with van der Waals surface area (Å²) in [6.07, 6.45) is 4.55. The van der Waals surface area contributed by atoms with Crippen molar-refractivity contribution in [2.75, 3.05) is 7.05 Å². The number of rotatable bonds is 5. The van der Waals surface area contributed by atoms with Crippen LogP contribution in [0.1, 0.15) is 39.0 Å². The highest BCUT2D eigenvalue weighted by atomic mass is 127. The highest BCUT2D eigenvalue weighted by Gasteiger charge is 2.53. The van der Waals surface area contributed by atoms with Gasteiger partial charge in [-0.25, -0.2) is 0 Å². The number of carbonyl (C=O) groups excluding carboxylic acids is 1. The molecular weight excluding hydrogens is 426 g/mol. The van der Waals surface area contributed by atoms with Crippen LogP contribution in [-0.2, 0) is 14.1 Å². The van der Waals surface area contributed by atoms with Gasteiger partial charge >= 0.3 is 7.12 Å². The number of hydrogen-bond donors (Lipinski definition) is 0. The van der Waals surface area contributed by atoms with E-state index in [1.807, 2.05) is 46.9 Å². The fourth-order valence-electron chi connectivity index (χ4n) is 2.35. The van der Waals surface area contributed by atoms with E-state index < -0.39 is 18.3 Å². The van der Waals surface area contributed by atoms with Gasteiger partial charge in [-0.3, -0.25) is 8.77 Å². The van der Waals surface area contributed by atoms with Gasteiger partial charge in [0.15, 0.2) is 0 Å². The van der Waals surface area contributed by atoms with Crippen molar-refractivity contribution in [2.45, 2.75) is 45.8 Å². The van der Waals surface area contributed by atoms with Crippen molar-refractivity contribution in [1.82, 2.24) is 8.87 Å². The smallest absolute Gasteiger partial charge is 0.399 e. The molecule has 1 aliphatic heterocycles. The van der Waals surface area contributed by atoms with Crippen LogP contribution in [0, 0.1) is 6.92 Å². The minimum absolute atomic E-state index is 0.426. The molecule has 0 aliphatic carbocycles. The molecule has 1 aromatic heterocycles. The van der Waals surface area contributed by atoms with Crippen LogP contribution < -0.4 is 0 Å². The molecule has 1 amide bonds. The molecule has 0 atom stereocenters. The van der Waals surface area contributed by atoms with Crippen molar-refractivity contribution in [3.63, 3.8) is 0 Å². The largest absolute Gasteiger partial charge is 0.497 e. The zero-order valence-electron chi connectivity index (χ0n) is 14.3. The van der Waals surface area contributed by atoms with Crippen molar-refractivity contribution >= 4 is 49.3 Å². The quantitative estimate of drug-likeness (QED) is 0.392. The van der Waals surface area contributed by atoms with Gasteiger partial charge in [0.25, 0.3) is 0 Å². The van der Waals surface area contributed by atoms with Crippen LogP contribution in [0.4, 0.5) is 0 Å². The lowest BCUT2D eigenvalue weighted by atomic mass is 9.74. The molecule has 0 aromatic carbocycles. The first-order chi connectivity index (χ1) is 10.6. The fourth-order valence-corrected chi connectivity index (χ4v) is 3.94. The van der Waals surface area contributed by atoms with Crippen LogP contribution in [0.25, 0.3) is 5.47 Å². The molecule has 8 heteroatoms. The Balaban J connectivity index is 2.47. The Bertz CT molecular complexity index is 614. The van der Waals surface area contributed by atoms with E-state index in [2.05, 4.69) is 25.2 Å². The topological polar surface area (TPSA) is 43.7 Å². The summed E-state index contributed by atoms with van der Waals surface area (Å²) in [7, 11) is 2.78. The van der Waals surface area contributed by atoms with Gasteiger partial charge in [0, 0.05) is 60.9 Å². The van der Waals surface area contributed by atoms with E-state index in [-0.39, 0.29) is 0 Å². The molecule has 1 fully saturated rings. The van der Waals surface area contributed by atoms with Gasteiger partial charge in [-0.1, -0.05) is 0 Å². The van der Waals surface area contributed by atoms with E-state index in [4.69, 9.17) is 9.31 Å². The molecule has 0 N–H and O–H groups in total. The van der Waals surface area contributed by atoms with Crippen molar-refractivity contribution in [3.8, 4) is 0 Å². The minimum Gasteiger partial charge on any atom is -0.399 e. The number of halogens is 1. The summed E-state index contributed by atoms with van der Waals surface area (Å²) in [6.45, 7) is 10.1. The summed E-state index contributed by atoms with van der Waals surface area (Å²) in [5.41, 5.74) is 2.10. The Labute approximate surface area is 154 Å². The molecule has 0 radical (unpaired) electrons. The van der Waals surface area contributed by atoms with Crippen molar-refractivity contribution in [2.24, 2.45) is 0 Å². The normalized spacial score (nSPS) is 20.0. The average Bonchev–Trinajstić information content (AvgIpc) is 2.93. The molecule has 23 heavy (non-hydrogen) atoms. The van der Waals surface area contributed by atoms with E-state index in [1.165, 1.54) is 4.90 Å². The summed E-state index contributed by atoms with van der Waals surface area (Å²) < 4.78 is 14.4. The molecule has 1 saturated heterocycles. The average molecular weight is 448 g/mol. The first kappa shape index (κ1) is 18.9. The van der Waals surface area contributed by atoms with Crippen LogP contribution in [-0.4, -0.2) is 40.7 Å². The monoisotopic (exact) mass is 448 g/mol. The summed E-state index contributed by atoms with van der Waals surface area (Å²) in [6, 6.07) is 2.02. The molecule has 0 spiro atoms. The van der Waals surface area contributed by atoms with Crippen molar-refractivity contribution in [3.05, 3.63) is 29.7 Å². The summed E-state index contributed by atoms with van der Waals surface area (Å²) in [4.78, 5) is 12.6. The number of nitrogens with zero attached hydrogens (tertiary/aromatic N) is 2. The Kier molecular flexibility index (Phi) is 5.60. The predicted molar refractivity (Wildman–Crippen MR) is 104 cm³/mol. The van der Waals surface area contributed by atoms with Crippen molar-refractivity contribution < 1.29 is 14.1 Å². The third-order valence-electron chi connectivity index (χ3n) is 4.50. The minimum atomic E-state index is -0.517. The fraction of sp³-hybridized carbons (Fsp3) is 0.533. The Hall–Kier alpha value is -0.445. The second-order valence-electron chi connectivity index (χ2n) is 6.65. The number of amides is 1. The van der Waals surface area contributed by atoms with Crippen LogP contribution in [0.2, 0.25) is 0 Å². The van der Waals surface area contributed by atoms with Gasteiger partial charge in [0.2, 0.25) is 6.41 Å².